The van der Waals surface area contributed by atoms with Crippen molar-refractivity contribution >= 4 is 69.3 Å². The first-order chi connectivity index (χ1) is 20.9. The molecule has 0 saturated heterocycles. The normalized spacial score (nSPS) is 13.9. The molecule has 0 fully saturated rings. The number of nitrogens with zero attached hydrogens (tertiary/aromatic N) is 4. The highest BCUT2D eigenvalue weighted by Gasteiger charge is 2.42. The number of rotatable bonds is 7. The number of carbonyl (C=O) groups is 3. The quantitative estimate of drug-likeness (QED) is 0.0915. The van der Waals surface area contributed by atoms with Crippen molar-refractivity contribution < 1.29 is 38.4 Å². The molecule has 13 nitrogen and oxygen atoms in total. The van der Waals surface area contributed by atoms with Crippen LogP contribution in [0.15, 0.2) is 79.1 Å². The molecule has 2 amide bonds. The number of para-hydroxylation sites is 1. The number of carbonyl (C=O) groups excluding carboxylic acids is 3. The summed E-state index contributed by atoms with van der Waals surface area (Å²) in [6, 6.07) is 16.1. The first-order valence-electron chi connectivity index (χ1n) is 13.1. The number of nitro groups is 1. The highest BCUT2D eigenvalue weighted by atomic mass is 31.2. The minimum Gasteiger partial charge on any atom is -0.440 e. The Bertz CT molecular complexity index is 2140. The van der Waals surface area contributed by atoms with Gasteiger partial charge in [-0.3, -0.25) is 24.3 Å². The second kappa shape index (κ2) is 10.4. The van der Waals surface area contributed by atoms with Gasteiger partial charge in [-0.1, -0.05) is 18.2 Å². The maximum absolute atomic E-state index is 14.0. The zero-order chi connectivity index (χ0) is 31.5. The Kier molecular flexibility index (Phi) is 6.81. The minimum atomic E-state index is -4.52. The van der Waals surface area contributed by atoms with E-state index >= 15 is 0 Å². The van der Waals surface area contributed by atoms with Gasteiger partial charge in [0, 0.05) is 66.0 Å². The summed E-state index contributed by atoms with van der Waals surface area (Å²) < 4.78 is 20.2. The lowest BCUT2D eigenvalue weighted by atomic mass is 9.95. The second-order valence-electron chi connectivity index (χ2n) is 10.2. The van der Waals surface area contributed by atoms with Gasteiger partial charge in [-0.15, -0.1) is 0 Å². The van der Waals surface area contributed by atoms with Crippen molar-refractivity contribution in [2.75, 3.05) is 6.73 Å². The van der Waals surface area contributed by atoms with Crippen LogP contribution in [-0.4, -0.2) is 53.3 Å². The van der Waals surface area contributed by atoms with Gasteiger partial charge >= 0.3 is 13.6 Å². The summed E-state index contributed by atoms with van der Waals surface area (Å²) in [5.41, 5.74) is 2.10. The van der Waals surface area contributed by atoms with E-state index in [4.69, 9.17) is 4.74 Å². The number of hydrogen-bond acceptors (Lipinski definition) is 7. The SMILES string of the molecule is Cn1cc(C2=C(c3cn(C)c4cc([N+](=O)[O-])ccc34)C(=O)N(COC(=O)c3ccc(P(=O)(O)O)cc3)C2=O)c2ccccc21. The number of amides is 2. The Labute approximate surface area is 248 Å². The second-order valence-corrected chi connectivity index (χ2v) is 11.8. The molecule has 0 unspecified atom stereocenters. The number of aromatic nitrogens is 2. The van der Waals surface area contributed by atoms with Gasteiger partial charge < -0.3 is 23.7 Å². The van der Waals surface area contributed by atoms with Gasteiger partial charge in [-0.25, -0.2) is 9.69 Å². The van der Waals surface area contributed by atoms with Crippen molar-refractivity contribution in [1.29, 1.82) is 0 Å². The van der Waals surface area contributed by atoms with Gasteiger partial charge in [0.05, 0.1) is 32.5 Å². The highest BCUT2D eigenvalue weighted by Crippen LogP contribution is 2.42. The predicted molar refractivity (Wildman–Crippen MR) is 160 cm³/mol. The first-order valence-corrected chi connectivity index (χ1v) is 14.7. The number of fused-ring (bicyclic) bond motifs is 2. The van der Waals surface area contributed by atoms with Crippen LogP contribution in [0, 0.1) is 10.1 Å². The molecule has 0 atom stereocenters. The zero-order valence-corrected chi connectivity index (χ0v) is 24.1. The fourth-order valence-corrected chi connectivity index (χ4v) is 5.95. The lowest BCUT2D eigenvalue weighted by Gasteiger charge is -2.15. The molecule has 0 aliphatic carbocycles. The van der Waals surface area contributed by atoms with Crippen molar-refractivity contribution in [3.05, 3.63) is 106 Å². The topological polar surface area (TPSA) is 174 Å². The standard InChI is InChI=1S/C30H23N4O9P/c1-31-14-22(20-5-3-4-6-24(20)31)26-27(23-15-32(2)25-13-18(34(38)39)9-12-21(23)25)29(36)33(28(26)35)16-43-30(37)17-7-10-19(11-8-17)44(40,41)42/h3-15H,16H2,1-2H3,(H2,40,41,42). The lowest BCUT2D eigenvalue weighted by molar-refractivity contribution is -0.384. The molecular formula is C30H23N4O9P. The molecule has 2 N–H and O–H groups in total. The van der Waals surface area contributed by atoms with Crippen LogP contribution in [-0.2, 0) is 33.0 Å². The summed E-state index contributed by atoms with van der Waals surface area (Å²) in [5.74, 6) is -2.35. The smallest absolute Gasteiger partial charge is 0.356 e. The molecule has 2 aromatic heterocycles. The molecule has 0 spiro atoms. The molecule has 14 heteroatoms. The fourth-order valence-electron chi connectivity index (χ4n) is 5.42. The number of aryl methyl sites for hydroxylation is 2. The van der Waals surface area contributed by atoms with Gasteiger partial charge in [0.25, 0.3) is 17.5 Å². The van der Waals surface area contributed by atoms with Gasteiger partial charge in [-0.2, -0.15) is 0 Å². The number of benzene rings is 3. The molecule has 1 aliphatic rings. The summed E-state index contributed by atoms with van der Waals surface area (Å²) >= 11 is 0. The third-order valence-electron chi connectivity index (χ3n) is 7.55. The average molecular weight is 615 g/mol. The number of hydrogen-bond donors (Lipinski definition) is 2. The molecule has 3 heterocycles. The molecule has 0 radical (unpaired) electrons. The van der Waals surface area contributed by atoms with Crippen LogP contribution >= 0.6 is 7.60 Å². The fraction of sp³-hybridized carbons (Fsp3) is 0.100. The van der Waals surface area contributed by atoms with Crippen molar-refractivity contribution in [3.63, 3.8) is 0 Å². The van der Waals surface area contributed by atoms with Crippen LogP contribution in [0.5, 0.6) is 0 Å². The van der Waals surface area contributed by atoms with Gasteiger partial charge in [-0.05, 0) is 36.4 Å². The van der Waals surface area contributed by atoms with E-state index in [0.717, 1.165) is 22.5 Å². The zero-order valence-electron chi connectivity index (χ0n) is 23.2. The van der Waals surface area contributed by atoms with Crippen LogP contribution < -0.4 is 5.30 Å². The van der Waals surface area contributed by atoms with E-state index in [1.165, 1.54) is 30.3 Å². The maximum atomic E-state index is 14.0. The van der Waals surface area contributed by atoms with Gasteiger partial charge in [0.1, 0.15) is 0 Å². The molecule has 5 aromatic rings. The van der Waals surface area contributed by atoms with Crippen molar-refractivity contribution in [1.82, 2.24) is 14.0 Å². The molecule has 1 aliphatic heterocycles. The van der Waals surface area contributed by atoms with E-state index < -0.39 is 37.0 Å². The summed E-state index contributed by atoms with van der Waals surface area (Å²) in [6.45, 7) is -0.731. The summed E-state index contributed by atoms with van der Waals surface area (Å²) in [7, 11) is -1.04. The van der Waals surface area contributed by atoms with Gasteiger partial charge in [0.2, 0.25) is 0 Å². The third kappa shape index (κ3) is 4.69. The molecule has 44 heavy (non-hydrogen) atoms. The number of non-ortho nitro benzene ring substituents is 1. The van der Waals surface area contributed by atoms with E-state index in [2.05, 4.69) is 0 Å². The maximum Gasteiger partial charge on any atom is 0.356 e. The minimum absolute atomic E-state index is 0.0422. The van der Waals surface area contributed by atoms with Crippen molar-refractivity contribution in [3.8, 4) is 0 Å². The monoisotopic (exact) mass is 614 g/mol. The molecule has 0 bridgehead atoms. The van der Waals surface area contributed by atoms with Crippen LogP contribution in [0.1, 0.15) is 21.5 Å². The van der Waals surface area contributed by atoms with E-state index in [0.29, 0.717) is 27.4 Å². The van der Waals surface area contributed by atoms with Crippen LogP contribution in [0.25, 0.3) is 33.0 Å². The summed E-state index contributed by atoms with van der Waals surface area (Å²) in [5, 5.41) is 12.4. The number of nitro benzene ring substituents is 1. The van der Waals surface area contributed by atoms with Crippen LogP contribution in [0.3, 0.4) is 0 Å². The largest absolute Gasteiger partial charge is 0.440 e. The first kappa shape index (κ1) is 28.7. The van der Waals surface area contributed by atoms with E-state index in [9.17, 15) is 38.8 Å². The number of ether oxygens (including phenoxy) is 1. The van der Waals surface area contributed by atoms with Crippen LogP contribution in [0.2, 0.25) is 0 Å². The van der Waals surface area contributed by atoms with Crippen LogP contribution in [0.4, 0.5) is 5.69 Å². The highest BCUT2D eigenvalue weighted by molar-refractivity contribution is 7.60. The van der Waals surface area contributed by atoms with Gasteiger partial charge in [0.15, 0.2) is 6.73 Å². The van der Waals surface area contributed by atoms with Crippen molar-refractivity contribution in [2.45, 2.75) is 0 Å². The molecule has 222 valence electrons. The Morgan fingerprint density at radius 2 is 1.43 bits per heavy atom. The Morgan fingerprint density at radius 1 is 0.864 bits per heavy atom. The number of imide groups is 1. The third-order valence-corrected chi connectivity index (χ3v) is 8.52. The Balaban J connectivity index is 1.43. The van der Waals surface area contributed by atoms with E-state index in [1.807, 2.05) is 35.9 Å². The Morgan fingerprint density at radius 3 is 2.02 bits per heavy atom. The van der Waals surface area contributed by atoms with E-state index in [1.54, 1.807) is 24.0 Å². The summed E-state index contributed by atoms with van der Waals surface area (Å²) in [6.07, 6.45) is 3.36. The average Bonchev–Trinajstić information content (AvgIpc) is 3.58. The summed E-state index contributed by atoms with van der Waals surface area (Å²) in [4.78, 5) is 71.1. The van der Waals surface area contributed by atoms with E-state index in [-0.39, 0.29) is 27.7 Å². The lowest BCUT2D eigenvalue weighted by Crippen LogP contribution is -2.34. The molecular weight excluding hydrogens is 591 g/mol. The Hall–Kier alpha value is -5.36. The molecule has 3 aromatic carbocycles. The molecule has 6 rings (SSSR count). The number of esters is 1. The predicted octanol–water partition coefficient (Wildman–Crippen LogP) is 3.48. The molecule has 0 saturated carbocycles. The van der Waals surface area contributed by atoms with Crippen molar-refractivity contribution in [2.24, 2.45) is 14.1 Å².